The highest BCUT2D eigenvalue weighted by molar-refractivity contribution is 5.83. The van der Waals surface area contributed by atoms with Crippen molar-refractivity contribution in [3.05, 3.63) is 36.0 Å². The van der Waals surface area contributed by atoms with Gasteiger partial charge in [-0.2, -0.15) is 0 Å². The molecule has 0 amide bonds. The first kappa shape index (κ1) is 14.6. The van der Waals surface area contributed by atoms with E-state index >= 15 is 0 Å². The van der Waals surface area contributed by atoms with Gasteiger partial charge in [0, 0.05) is 70.0 Å². The van der Waals surface area contributed by atoms with Crippen molar-refractivity contribution < 1.29 is 0 Å². The summed E-state index contributed by atoms with van der Waals surface area (Å²) in [4.78, 5) is 4.99. The minimum atomic E-state index is 1.02. The standard InChI is InChI=1S/C17H26N4/c1-19(11-12-21-9-7-18-8-10-21)13-15-14-20(2)17-6-4-3-5-16(15)17/h3-6,14,18H,7-13H2,1-2H3. The Kier molecular flexibility index (Phi) is 4.58. The molecule has 1 aromatic heterocycles. The number of rotatable bonds is 5. The van der Waals surface area contributed by atoms with Crippen LogP contribution in [0.25, 0.3) is 10.9 Å². The first-order valence-corrected chi connectivity index (χ1v) is 7.88. The van der Waals surface area contributed by atoms with Crippen LogP contribution in [0.15, 0.2) is 30.5 Å². The minimum absolute atomic E-state index is 1.02. The van der Waals surface area contributed by atoms with Gasteiger partial charge in [0.05, 0.1) is 0 Å². The van der Waals surface area contributed by atoms with Crippen LogP contribution in [0, 0.1) is 0 Å². The lowest BCUT2D eigenvalue weighted by molar-refractivity contribution is 0.202. The number of nitrogens with zero attached hydrogens (tertiary/aromatic N) is 3. The highest BCUT2D eigenvalue weighted by Gasteiger charge is 2.12. The zero-order chi connectivity index (χ0) is 14.7. The van der Waals surface area contributed by atoms with Gasteiger partial charge in [-0.3, -0.25) is 4.90 Å². The van der Waals surface area contributed by atoms with Crippen LogP contribution in [-0.4, -0.2) is 60.7 Å². The summed E-state index contributed by atoms with van der Waals surface area (Å²) in [7, 11) is 4.36. The van der Waals surface area contributed by atoms with Crippen LogP contribution in [-0.2, 0) is 13.6 Å². The summed E-state index contributed by atoms with van der Waals surface area (Å²) in [6.45, 7) is 7.95. The smallest absolute Gasteiger partial charge is 0.0481 e. The van der Waals surface area contributed by atoms with E-state index in [9.17, 15) is 0 Å². The molecule has 0 bridgehead atoms. The fourth-order valence-electron chi connectivity index (χ4n) is 3.17. The second-order valence-electron chi connectivity index (χ2n) is 6.11. The van der Waals surface area contributed by atoms with Crippen LogP contribution in [0.5, 0.6) is 0 Å². The molecule has 1 N–H and O–H groups in total. The first-order valence-electron chi connectivity index (χ1n) is 7.88. The molecule has 0 unspecified atom stereocenters. The predicted octanol–water partition coefficient (Wildman–Crippen LogP) is 1.52. The third-order valence-electron chi connectivity index (χ3n) is 4.43. The topological polar surface area (TPSA) is 23.4 Å². The fraction of sp³-hybridized carbons (Fsp3) is 0.529. The van der Waals surface area contributed by atoms with E-state index in [0.29, 0.717) is 0 Å². The van der Waals surface area contributed by atoms with Crippen LogP contribution in [0.2, 0.25) is 0 Å². The molecule has 2 aromatic rings. The normalized spacial score (nSPS) is 16.9. The summed E-state index contributed by atoms with van der Waals surface area (Å²) in [5, 5.41) is 4.79. The van der Waals surface area contributed by atoms with Crippen molar-refractivity contribution >= 4 is 10.9 Å². The first-order chi connectivity index (χ1) is 10.2. The molecule has 4 heteroatoms. The van der Waals surface area contributed by atoms with Gasteiger partial charge in [-0.05, 0) is 18.7 Å². The van der Waals surface area contributed by atoms with Crippen LogP contribution in [0.1, 0.15) is 5.56 Å². The number of benzene rings is 1. The predicted molar refractivity (Wildman–Crippen MR) is 88.6 cm³/mol. The summed E-state index contributed by atoms with van der Waals surface area (Å²) < 4.78 is 2.23. The number of para-hydroxylation sites is 1. The highest BCUT2D eigenvalue weighted by Crippen LogP contribution is 2.21. The van der Waals surface area contributed by atoms with Gasteiger partial charge in [-0.25, -0.2) is 0 Å². The van der Waals surface area contributed by atoms with Gasteiger partial charge in [-0.1, -0.05) is 18.2 Å². The number of hydrogen-bond acceptors (Lipinski definition) is 3. The molecule has 3 rings (SSSR count). The Bertz CT molecular complexity index is 583. The van der Waals surface area contributed by atoms with Gasteiger partial charge in [0.15, 0.2) is 0 Å². The maximum Gasteiger partial charge on any atom is 0.0481 e. The monoisotopic (exact) mass is 286 g/mol. The molecule has 4 nitrogen and oxygen atoms in total. The molecule has 1 aromatic carbocycles. The maximum atomic E-state index is 3.41. The molecule has 1 aliphatic heterocycles. The SMILES string of the molecule is CN(CCN1CCNCC1)Cc1cn(C)c2ccccc12. The number of aryl methyl sites for hydroxylation is 1. The molecule has 0 saturated carbocycles. The Balaban J connectivity index is 1.59. The van der Waals surface area contributed by atoms with Crippen molar-refractivity contribution in [2.75, 3.05) is 46.3 Å². The Morgan fingerprint density at radius 1 is 1.19 bits per heavy atom. The second kappa shape index (κ2) is 6.60. The quantitative estimate of drug-likeness (QED) is 0.901. The van der Waals surface area contributed by atoms with Crippen LogP contribution >= 0.6 is 0 Å². The molecule has 1 fully saturated rings. The van der Waals surface area contributed by atoms with Crippen molar-refractivity contribution in [1.29, 1.82) is 0 Å². The Morgan fingerprint density at radius 3 is 2.76 bits per heavy atom. The van der Waals surface area contributed by atoms with Gasteiger partial charge in [0.2, 0.25) is 0 Å². The fourth-order valence-corrected chi connectivity index (χ4v) is 3.17. The molecule has 0 aliphatic carbocycles. The van der Waals surface area contributed by atoms with E-state index in [1.807, 2.05) is 0 Å². The summed E-state index contributed by atoms with van der Waals surface area (Å²) >= 11 is 0. The summed E-state index contributed by atoms with van der Waals surface area (Å²) in [5.41, 5.74) is 2.75. The Morgan fingerprint density at radius 2 is 1.95 bits per heavy atom. The third kappa shape index (κ3) is 3.46. The van der Waals surface area contributed by atoms with Crippen LogP contribution in [0.3, 0.4) is 0 Å². The largest absolute Gasteiger partial charge is 0.350 e. The van der Waals surface area contributed by atoms with E-state index in [1.54, 1.807) is 0 Å². The van der Waals surface area contributed by atoms with Gasteiger partial charge < -0.3 is 14.8 Å². The molecule has 0 spiro atoms. The molecular weight excluding hydrogens is 260 g/mol. The van der Waals surface area contributed by atoms with Crippen molar-refractivity contribution in [3.63, 3.8) is 0 Å². The number of nitrogens with one attached hydrogen (secondary N) is 1. The molecular formula is C17H26N4. The second-order valence-corrected chi connectivity index (χ2v) is 6.11. The third-order valence-corrected chi connectivity index (χ3v) is 4.43. The summed E-state index contributed by atoms with van der Waals surface area (Å²) in [6, 6.07) is 8.67. The van der Waals surface area contributed by atoms with Crippen LogP contribution in [0.4, 0.5) is 0 Å². The molecule has 21 heavy (non-hydrogen) atoms. The number of likely N-dealkylation sites (N-methyl/N-ethyl adjacent to an activating group) is 1. The number of piperazine rings is 1. The molecule has 0 radical (unpaired) electrons. The number of fused-ring (bicyclic) bond motifs is 1. The van der Waals surface area contributed by atoms with Crippen molar-refractivity contribution in [1.82, 2.24) is 19.7 Å². The maximum absolute atomic E-state index is 3.41. The summed E-state index contributed by atoms with van der Waals surface area (Å²) in [6.07, 6.45) is 2.27. The lowest BCUT2D eigenvalue weighted by Gasteiger charge is -2.29. The van der Waals surface area contributed by atoms with E-state index in [0.717, 1.165) is 26.2 Å². The average Bonchev–Trinajstić information content (AvgIpc) is 2.83. The average molecular weight is 286 g/mol. The highest BCUT2D eigenvalue weighted by atomic mass is 15.2. The molecule has 1 saturated heterocycles. The zero-order valence-electron chi connectivity index (χ0n) is 13.2. The van der Waals surface area contributed by atoms with E-state index in [-0.39, 0.29) is 0 Å². The van der Waals surface area contributed by atoms with Gasteiger partial charge in [-0.15, -0.1) is 0 Å². The Hall–Kier alpha value is -1.36. The number of hydrogen-bond donors (Lipinski definition) is 1. The van der Waals surface area contributed by atoms with Crippen molar-refractivity contribution in [3.8, 4) is 0 Å². The molecule has 2 heterocycles. The molecule has 0 atom stereocenters. The summed E-state index contributed by atoms with van der Waals surface area (Å²) in [5.74, 6) is 0. The lowest BCUT2D eigenvalue weighted by Crippen LogP contribution is -2.45. The van der Waals surface area contributed by atoms with E-state index in [4.69, 9.17) is 0 Å². The van der Waals surface area contributed by atoms with E-state index < -0.39 is 0 Å². The van der Waals surface area contributed by atoms with Crippen LogP contribution < -0.4 is 5.32 Å². The lowest BCUT2D eigenvalue weighted by atomic mass is 10.1. The van der Waals surface area contributed by atoms with Crippen molar-refractivity contribution in [2.45, 2.75) is 6.54 Å². The van der Waals surface area contributed by atoms with Gasteiger partial charge >= 0.3 is 0 Å². The minimum Gasteiger partial charge on any atom is -0.350 e. The van der Waals surface area contributed by atoms with Crippen molar-refractivity contribution in [2.24, 2.45) is 7.05 Å². The van der Waals surface area contributed by atoms with Gasteiger partial charge in [0.25, 0.3) is 0 Å². The Labute approximate surface area is 127 Å². The zero-order valence-corrected chi connectivity index (χ0v) is 13.2. The molecule has 114 valence electrons. The van der Waals surface area contributed by atoms with Gasteiger partial charge in [0.1, 0.15) is 0 Å². The van der Waals surface area contributed by atoms with E-state index in [2.05, 4.69) is 64.2 Å². The number of aromatic nitrogens is 1. The van der Waals surface area contributed by atoms with E-state index in [1.165, 1.54) is 36.1 Å². The molecule has 1 aliphatic rings.